The fourth-order valence-corrected chi connectivity index (χ4v) is 1.35. The van der Waals surface area contributed by atoms with E-state index in [4.69, 9.17) is 16.3 Å². The van der Waals surface area contributed by atoms with E-state index in [2.05, 4.69) is 0 Å². The van der Waals surface area contributed by atoms with Crippen LogP contribution in [0.3, 0.4) is 0 Å². The van der Waals surface area contributed by atoms with E-state index in [9.17, 15) is 9.59 Å². The molecule has 0 aromatic rings. The Morgan fingerprint density at radius 2 is 1.93 bits per heavy atom. The van der Waals surface area contributed by atoms with Crippen molar-refractivity contribution < 1.29 is 14.3 Å². The summed E-state index contributed by atoms with van der Waals surface area (Å²) < 4.78 is 4.90. The first-order chi connectivity index (χ1) is 6.49. The van der Waals surface area contributed by atoms with Gasteiger partial charge in [-0.1, -0.05) is 13.8 Å². The second-order valence-corrected chi connectivity index (χ2v) is 3.92. The van der Waals surface area contributed by atoms with Crippen molar-refractivity contribution in [2.24, 2.45) is 11.8 Å². The Bertz CT molecular complexity index is 202. The van der Waals surface area contributed by atoms with E-state index in [1.807, 2.05) is 13.8 Å². The van der Waals surface area contributed by atoms with Gasteiger partial charge in [-0.05, 0) is 30.9 Å². The summed E-state index contributed by atoms with van der Waals surface area (Å²) in [6, 6.07) is 0. The number of ether oxygens (including phenoxy) is 1. The van der Waals surface area contributed by atoms with Crippen LogP contribution in [-0.4, -0.2) is 17.8 Å². The van der Waals surface area contributed by atoms with E-state index < -0.39 is 5.24 Å². The molecule has 0 amide bonds. The summed E-state index contributed by atoms with van der Waals surface area (Å²) in [6.07, 6.45) is 0.696. The Morgan fingerprint density at radius 3 is 2.29 bits per heavy atom. The molecule has 0 radical (unpaired) electrons. The van der Waals surface area contributed by atoms with Gasteiger partial charge in [-0.3, -0.25) is 9.59 Å². The monoisotopic (exact) mass is 220 g/mol. The lowest BCUT2D eigenvalue weighted by Gasteiger charge is -2.17. The lowest BCUT2D eigenvalue weighted by Crippen LogP contribution is -2.23. The van der Waals surface area contributed by atoms with E-state index in [0.29, 0.717) is 13.0 Å². The molecule has 0 aliphatic carbocycles. The van der Waals surface area contributed by atoms with Gasteiger partial charge in [-0.25, -0.2) is 0 Å². The second-order valence-electron chi connectivity index (χ2n) is 3.50. The van der Waals surface area contributed by atoms with E-state index in [1.54, 1.807) is 6.92 Å². The molecule has 4 heteroatoms. The van der Waals surface area contributed by atoms with Crippen molar-refractivity contribution in [3.8, 4) is 0 Å². The summed E-state index contributed by atoms with van der Waals surface area (Å²) >= 11 is 5.22. The van der Waals surface area contributed by atoms with Gasteiger partial charge < -0.3 is 4.74 Å². The molecule has 0 N–H and O–H groups in total. The summed E-state index contributed by atoms with van der Waals surface area (Å²) in [4.78, 5) is 22.0. The normalized spacial score (nSPS) is 12.6. The van der Waals surface area contributed by atoms with Crippen molar-refractivity contribution in [1.29, 1.82) is 0 Å². The van der Waals surface area contributed by atoms with Crippen molar-refractivity contribution in [2.75, 3.05) is 6.61 Å². The second kappa shape index (κ2) is 6.82. The molecular weight excluding hydrogens is 204 g/mol. The molecule has 14 heavy (non-hydrogen) atoms. The first-order valence-electron chi connectivity index (χ1n) is 4.84. The number of hydrogen-bond donors (Lipinski definition) is 0. The Balaban J connectivity index is 4.14. The van der Waals surface area contributed by atoms with Gasteiger partial charge in [0, 0.05) is 6.42 Å². The summed E-state index contributed by atoms with van der Waals surface area (Å²) in [5.41, 5.74) is 0. The Kier molecular flexibility index (Phi) is 6.54. The van der Waals surface area contributed by atoms with Crippen LogP contribution < -0.4 is 0 Å². The smallest absolute Gasteiger partial charge is 0.309 e. The zero-order valence-corrected chi connectivity index (χ0v) is 9.63. The summed E-state index contributed by atoms with van der Waals surface area (Å²) in [6.45, 7) is 6.00. The number of rotatable bonds is 6. The third-order valence-corrected chi connectivity index (χ3v) is 2.23. The molecule has 0 heterocycles. The zero-order chi connectivity index (χ0) is 11.1. The van der Waals surface area contributed by atoms with Crippen LogP contribution in [0.5, 0.6) is 0 Å². The molecule has 0 spiro atoms. The third kappa shape index (κ3) is 5.22. The number of hydrogen-bond acceptors (Lipinski definition) is 3. The lowest BCUT2D eigenvalue weighted by molar-refractivity contribution is -0.149. The molecule has 1 unspecified atom stereocenters. The van der Waals surface area contributed by atoms with Crippen LogP contribution in [0.25, 0.3) is 0 Å². The van der Waals surface area contributed by atoms with Gasteiger partial charge in [0.25, 0.3) is 0 Å². The first kappa shape index (κ1) is 13.4. The first-order valence-corrected chi connectivity index (χ1v) is 5.21. The SMILES string of the molecule is CCOC(=O)C(CCC(=O)Cl)C(C)C. The minimum absolute atomic E-state index is 0.171. The maximum absolute atomic E-state index is 11.4. The average molecular weight is 221 g/mol. The summed E-state index contributed by atoms with van der Waals surface area (Å²) in [5.74, 6) is -0.289. The maximum Gasteiger partial charge on any atom is 0.309 e. The van der Waals surface area contributed by atoms with Crippen LogP contribution in [0.15, 0.2) is 0 Å². The molecule has 0 bridgehead atoms. The van der Waals surface area contributed by atoms with E-state index >= 15 is 0 Å². The van der Waals surface area contributed by atoms with Crippen molar-refractivity contribution >= 4 is 22.8 Å². The summed E-state index contributed by atoms with van der Waals surface area (Å²) in [5, 5.41) is -0.403. The van der Waals surface area contributed by atoms with Crippen LogP contribution in [0.4, 0.5) is 0 Å². The largest absolute Gasteiger partial charge is 0.466 e. The van der Waals surface area contributed by atoms with Crippen molar-refractivity contribution in [3.63, 3.8) is 0 Å². The van der Waals surface area contributed by atoms with Crippen LogP contribution >= 0.6 is 11.6 Å². The van der Waals surface area contributed by atoms with Gasteiger partial charge in [-0.15, -0.1) is 0 Å². The predicted molar refractivity (Wildman–Crippen MR) is 55.1 cm³/mol. The van der Waals surface area contributed by atoms with Crippen molar-refractivity contribution in [3.05, 3.63) is 0 Å². The topological polar surface area (TPSA) is 43.4 Å². The maximum atomic E-state index is 11.4. The molecule has 3 nitrogen and oxygen atoms in total. The van der Waals surface area contributed by atoms with Crippen molar-refractivity contribution in [2.45, 2.75) is 33.6 Å². The molecule has 1 atom stereocenters. The molecule has 0 aliphatic heterocycles. The lowest BCUT2D eigenvalue weighted by atomic mass is 9.91. The van der Waals surface area contributed by atoms with Crippen LogP contribution in [0.1, 0.15) is 33.6 Å². The van der Waals surface area contributed by atoms with Gasteiger partial charge in [0.05, 0.1) is 12.5 Å². The number of halogens is 1. The van der Waals surface area contributed by atoms with E-state index in [0.717, 1.165) is 0 Å². The number of carbonyl (C=O) groups is 2. The molecular formula is C10H17ClO3. The molecule has 0 rings (SSSR count). The number of carbonyl (C=O) groups excluding carboxylic acids is 2. The minimum atomic E-state index is -0.403. The highest BCUT2D eigenvalue weighted by atomic mass is 35.5. The van der Waals surface area contributed by atoms with Crippen LogP contribution in [0.2, 0.25) is 0 Å². The van der Waals surface area contributed by atoms with E-state index in [-0.39, 0.29) is 24.2 Å². The fourth-order valence-electron chi connectivity index (χ4n) is 1.24. The van der Waals surface area contributed by atoms with Gasteiger partial charge in [-0.2, -0.15) is 0 Å². The predicted octanol–water partition coefficient (Wildman–Crippen LogP) is 2.37. The summed E-state index contributed by atoms with van der Waals surface area (Å²) in [7, 11) is 0. The Morgan fingerprint density at radius 1 is 1.36 bits per heavy atom. The Hall–Kier alpha value is -0.570. The quantitative estimate of drug-likeness (QED) is 0.510. The highest BCUT2D eigenvalue weighted by Gasteiger charge is 2.23. The van der Waals surface area contributed by atoms with Crippen LogP contribution in [0, 0.1) is 11.8 Å². The molecule has 0 aliphatic rings. The molecule has 82 valence electrons. The molecule has 0 saturated carbocycles. The van der Waals surface area contributed by atoms with Gasteiger partial charge in [0.2, 0.25) is 5.24 Å². The minimum Gasteiger partial charge on any atom is -0.466 e. The van der Waals surface area contributed by atoms with E-state index in [1.165, 1.54) is 0 Å². The highest BCUT2D eigenvalue weighted by molar-refractivity contribution is 6.63. The Labute approximate surface area is 89.8 Å². The van der Waals surface area contributed by atoms with Crippen molar-refractivity contribution in [1.82, 2.24) is 0 Å². The highest BCUT2D eigenvalue weighted by Crippen LogP contribution is 2.19. The van der Waals surface area contributed by atoms with Gasteiger partial charge >= 0.3 is 5.97 Å². The van der Waals surface area contributed by atoms with Crippen LogP contribution in [-0.2, 0) is 14.3 Å². The molecule has 0 fully saturated rings. The number of esters is 1. The molecule has 0 aromatic carbocycles. The van der Waals surface area contributed by atoms with Gasteiger partial charge in [0.1, 0.15) is 0 Å². The van der Waals surface area contributed by atoms with Gasteiger partial charge in [0.15, 0.2) is 0 Å². The fraction of sp³-hybridized carbons (Fsp3) is 0.800. The average Bonchev–Trinajstić information content (AvgIpc) is 2.03. The standard InChI is InChI=1S/C10H17ClO3/c1-4-14-10(13)8(7(2)3)5-6-9(11)12/h7-8H,4-6H2,1-3H3. The molecule has 0 saturated heterocycles. The molecule has 0 aromatic heterocycles. The third-order valence-electron chi connectivity index (χ3n) is 2.05. The zero-order valence-electron chi connectivity index (χ0n) is 8.88.